The van der Waals surface area contributed by atoms with Gasteiger partial charge in [-0.05, 0) is 74.2 Å². The summed E-state index contributed by atoms with van der Waals surface area (Å²) >= 11 is 0. The number of benzene rings is 2. The van der Waals surface area contributed by atoms with E-state index in [1.165, 1.54) is 10.5 Å². The van der Waals surface area contributed by atoms with Crippen LogP contribution in [0.2, 0.25) is 0 Å². The first-order valence-electron chi connectivity index (χ1n) is 9.82. The zero-order valence-corrected chi connectivity index (χ0v) is 16.2. The Labute approximate surface area is 164 Å². The monoisotopic (exact) mass is 376 g/mol. The number of fused-ring (bicyclic) bond motifs is 1. The average Bonchev–Trinajstić information content (AvgIpc) is 2.96. The Morgan fingerprint density at radius 1 is 0.893 bits per heavy atom. The van der Waals surface area contributed by atoms with Crippen molar-refractivity contribution in [3.8, 4) is 0 Å². The van der Waals surface area contributed by atoms with Crippen LogP contribution in [-0.4, -0.2) is 17.7 Å². The van der Waals surface area contributed by atoms with E-state index in [-0.39, 0.29) is 29.6 Å². The molecule has 3 amide bonds. The molecule has 2 aromatic carbocycles. The van der Waals surface area contributed by atoms with Crippen molar-refractivity contribution in [2.24, 2.45) is 11.8 Å². The van der Waals surface area contributed by atoms with Gasteiger partial charge in [0.15, 0.2) is 0 Å². The minimum absolute atomic E-state index is 0.0953. The molecule has 2 aromatic rings. The number of hydrogen-bond donors (Lipinski definition) is 1. The van der Waals surface area contributed by atoms with Gasteiger partial charge in [-0.15, -0.1) is 0 Å². The number of anilines is 2. The number of imide groups is 1. The van der Waals surface area contributed by atoms with E-state index < -0.39 is 0 Å². The van der Waals surface area contributed by atoms with Gasteiger partial charge in [0.1, 0.15) is 0 Å². The Hall–Kier alpha value is -2.95. The number of hydrogen-bond acceptors (Lipinski definition) is 3. The first kappa shape index (κ1) is 18.4. The molecule has 0 radical (unpaired) electrons. The molecule has 2 aliphatic rings. The molecular weight excluding hydrogens is 352 g/mol. The van der Waals surface area contributed by atoms with Gasteiger partial charge < -0.3 is 5.32 Å². The summed E-state index contributed by atoms with van der Waals surface area (Å²) < 4.78 is 0. The third-order valence-corrected chi connectivity index (χ3v) is 5.99. The Morgan fingerprint density at radius 3 is 2.07 bits per heavy atom. The quantitative estimate of drug-likeness (QED) is 0.815. The molecule has 1 saturated carbocycles. The molecule has 1 aliphatic heterocycles. The summed E-state index contributed by atoms with van der Waals surface area (Å²) in [7, 11) is 0. The van der Waals surface area contributed by atoms with Gasteiger partial charge in [0, 0.05) is 11.3 Å². The number of amides is 3. The number of carbonyl (C=O) groups is 3. The molecule has 2 fully saturated rings. The van der Waals surface area contributed by atoms with Crippen LogP contribution in [0.1, 0.15) is 47.2 Å². The van der Waals surface area contributed by atoms with Crippen LogP contribution in [0.3, 0.4) is 0 Å². The summed E-state index contributed by atoms with van der Waals surface area (Å²) in [6, 6.07) is 12.5. The van der Waals surface area contributed by atoms with Crippen molar-refractivity contribution in [2.75, 3.05) is 10.2 Å². The van der Waals surface area contributed by atoms with Gasteiger partial charge in [0.2, 0.25) is 11.8 Å². The van der Waals surface area contributed by atoms with E-state index in [4.69, 9.17) is 0 Å². The van der Waals surface area contributed by atoms with Crippen LogP contribution in [0.15, 0.2) is 42.5 Å². The van der Waals surface area contributed by atoms with Crippen molar-refractivity contribution in [3.05, 3.63) is 59.2 Å². The molecule has 1 heterocycles. The molecule has 144 valence electrons. The van der Waals surface area contributed by atoms with Crippen LogP contribution in [0.5, 0.6) is 0 Å². The summed E-state index contributed by atoms with van der Waals surface area (Å²) in [5.74, 6) is -0.755. The molecular formula is C23H24N2O3. The van der Waals surface area contributed by atoms with E-state index in [1.807, 2.05) is 32.0 Å². The normalized spacial score (nSPS) is 21.6. The lowest BCUT2D eigenvalue weighted by Crippen LogP contribution is -2.30. The van der Waals surface area contributed by atoms with Crippen LogP contribution in [0, 0.1) is 25.7 Å². The predicted octanol–water partition coefficient (Wildman–Crippen LogP) is 4.24. The lowest BCUT2D eigenvalue weighted by atomic mass is 9.81. The maximum absolute atomic E-state index is 12.7. The van der Waals surface area contributed by atoms with Gasteiger partial charge >= 0.3 is 0 Å². The second kappa shape index (κ2) is 7.23. The minimum Gasteiger partial charge on any atom is -0.322 e. The second-order valence-corrected chi connectivity index (χ2v) is 7.81. The van der Waals surface area contributed by atoms with E-state index in [0.717, 1.165) is 36.9 Å². The van der Waals surface area contributed by atoms with E-state index in [9.17, 15) is 14.4 Å². The zero-order chi connectivity index (χ0) is 19.8. The van der Waals surface area contributed by atoms with Gasteiger partial charge in [-0.1, -0.05) is 18.9 Å². The Morgan fingerprint density at radius 2 is 1.50 bits per heavy atom. The first-order chi connectivity index (χ1) is 13.5. The van der Waals surface area contributed by atoms with Crippen LogP contribution in [-0.2, 0) is 9.59 Å². The molecule has 0 unspecified atom stereocenters. The molecule has 5 heteroatoms. The Balaban J connectivity index is 1.50. The fourth-order valence-electron chi connectivity index (χ4n) is 4.20. The number of nitrogens with one attached hydrogen (secondary N) is 1. The lowest BCUT2D eigenvalue weighted by molar-refractivity contribution is -0.122. The van der Waals surface area contributed by atoms with Crippen LogP contribution >= 0.6 is 0 Å². The Bertz CT molecular complexity index is 925. The highest BCUT2D eigenvalue weighted by Crippen LogP contribution is 2.40. The summed E-state index contributed by atoms with van der Waals surface area (Å²) in [6.45, 7) is 4.03. The molecule has 2 atom stereocenters. The third kappa shape index (κ3) is 3.21. The number of aryl methyl sites for hydroxylation is 2. The maximum atomic E-state index is 12.7. The summed E-state index contributed by atoms with van der Waals surface area (Å²) in [6.07, 6.45) is 3.60. The van der Waals surface area contributed by atoms with Gasteiger partial charge in [-0.3, -0.25) is 19.3 Å². The fraction of sp³-hybridized carbons (Fsp3) is 0.348. The average molecular weight is 376 g/mol. The first-order valence-corrected chi connectivity index (χ1v) is 9.82. The molecule has 5 nitrogen and oxygen atoms in total. The standard InChI is InChI=1S/C23H24N2O3/c1-14-7-10-17(13-15(14)2)24-21(26)16-8-11-18(12-9-16)25-22(27)19-5-3-4-6-20(19)23(25)28/h7-13,19-20H,3-6H2,1-2H3,(H,24,26)/t19-,20-/m1/s1. The Kier molecular flexibility index (Phi) is 4.75. The van der Waals surface area contributed by atoms with E-state index in [0.29, 0.717) is 11.3 Å². The number of nitrogens with zero attached hydrogens (tertiary/aromatic N) is 1. The highest BCUT2D eigenvalue weighted by Gasteiger charge is 2.48. The fourth-order valence-corrected chi connectivity index (χ4v) is 4.20. The summed E-state index contributed by atoms with van der Waals surface area (Å²) in [5.41, 5.74) is 4.06. The number of carbonyl (C=O) groups excluding carboxylic acids is 3. The molecule has 1 saturated heterocycles. The van der Waals surface area contributed by atoms with Gasteiger partial charge in [-0.2, -0.15) is 0 Å². The van der Waals surface area contributed by atoms with Crippen LogP contribution in [0.25, 0.3) is 0 Å². The van der Waals surface area contributed by atoms with E-state index >= 15 is 0 Å². The van der Waals surface area contributed by atoms with Crippen molar-refractivity contribution < 1.29 is 14.4 Å². The lowest BCUT2D eigenvalue weighted by Gasteiger charge is -2.19. The SMILES string of the molecule is Cc1ccc(NC(=O)c2ccc(N3C(=O)[C@@H]4CCCC[C@H]4C3=O)cc2)cc1C. The van der Waals surface area contributed by atoms with Crippen LogP contribution < -0.4 is 10.2 Å². The van der Waals surface area contributed by atoms with Crippen molar-refractivity contribution in [1.82, 2.24) is 0 Å². The predicted molar refractivity (Wildman–Crippen MR) is 108 cm³/mol. The molecule has 0 spiro atoms. The van der Waals surface area contributed by atoms with E-state index in [2.05, 4.69) is 5.32 Å². The largest absolute Gasteiger partial charge is 0.322 e. The van der Waals surface area contributed by atoms with Crippen molar-refractivity contribution in [3.63, 3.8) is 0 Å². The maximum Gasteiger partial charge on any atom is 0.255 e. The highest BCUT2D eigenvalue weighted by molar-refractivity contribution is 6.22. The molecule has 0 aromatic heterocycles. The van der Waals surface area contributed by atoms with E-state index in [1.54, 1.807) is 24.3 Å². The molecule has 1 N–H and O–H groups in total. The molecule has 28 heavy (non-hydrogen) atoms. The van der Waals surface area contributed by atoms with Crippen LogP contribution in [0.4, 0.5) is 11.4 Å². The van der Waals surface area contributed by atoms with Gasteiger partial charge in [0.25, 0.3) is 5.91 Å². The number of rotatable bonds is 3. The molecule has 4 rings (SSSR count). The smallest absolute Gasteiger partial charge is 0.255 e. The topological polar surface area (TPSA) is 66.5 Å². The summed E-state index contributed by atoms with van der Waals surface area (Å²) in [4.78, 5) is 39.2. The molecule has 1 aliphatic carbocycles. The van der Waals surface area contributed by atoms with Crippen molar-refractivity contribution in [1.29, 1.82) is 0 Å². The molecule has 0 bridgehead atoms. The highest BCUT2D eigenvalue weighted by atomic mass is 16.2. The summed E-state index contributed by atoms with van der Waals surface area (Å²) in [5, 5.41) is 2.89. The van der Waals surface area contributed by atoms with Crippen molar-refractivity contribution in [2.45, 2.75) is 39.5 Å². The minimum atomic E-state index is -0.220. The zero-order valence-electron chi connectivity index (χ0n) is 16.2. The third-order valence-electron chi connectivity index (χ3n) is 5.99. The second-order valence-electron chi connectivity index (χ2n) is 7.81. The van der Waals surface area contributed by atoms with Gasteiger partial charge in [-0.25, -0.2) is 0 Å². The van der Waals surface area contributed by atoms with Crippen molar-refractivity contribution >= 4 is 29.1 Å². The van der Waals surface area contributed by atoms with Gasteiger partial charge in [0.05, 0.1) is 17.5 Å².